The molecule has 0 bridgehead atoms. The molecule has 88 valence electrons. The van der Waals surface area contributed by atoms with Gasteiger partial charge in [-0.25, -0.2) is 9.97 Å². The highest BCUT2D eigenvalue weighted by Crippen LogP contribution is 1.98. The number of aromatic nitrogens is 2. The first-order chi connectivity index (χ1) is 7.61. The maximum atomic E-state index is 5.11. The number of nitrogens with one attached hydrogen (secondary N) is 2. The van der Waals surface area contributed by atoms with Gasteiger partial charge in [0, 0.05) is 25.0 Å². The van der Waals surface area contributed by atoms with Crippen molar-refractivity contribution >= 4 is 23.3 Å². The van der Waals surface area contributed by atoms with E-state index in [4.69, 9.17) is 17.0 Å². The molecular formula is C10H16N4OS. The molecule has 0 aliphatic heterocycles. The molecule has 0 saturated heterocycles. The lowest BCUT2D eigenvalue weighted by Gasteiger charge is -2.15. The Morgan fingerprint density at radius 3 is 3.00 bits per heavy atom. The zero-order valence-corrected chi connectivity index (χ0v) is 10.5. The molecular weight excluding hydrogens is 224 g/mol. The van der Waals surface area contributed by atoms with Crippen LogP contribution in [0.2, 0.25) is 0 Å². The molecule has 16 heavy (non-hydrogen) atoms. The standard InChI is InChI=1S/C10H16N4OS/c1-7-4-5-11-9(12-7)14-10(16)13-8(2)6-15-3/h4-5,8H,6H2,1-3H3,(H2,11,12,13,14,16)/t8-/m1/s1. The second-order valence-corrected chi connectivity index (χ2v) is 3.88. The molecule has 0 amide bonds. The number of aryl methyl sites for hydroxylation is 1. The van der Waals surface area contributed by atoms with Crippen LogP contribution in [0.1, 0.15) is 12.6 Å². The van der Waals surface area contributed by atoms with Crippen LogP contribution in [-0.2, 0) is 4.74 Å². The highest BCUT2D eigenvalue weighted by atomic mass is 32.1. The first-order valence-electron chi connectivity index (χ1n) is 4.98. The van der Waals surface area contributed by atoms with Gasteiger partial charge in [-0.15, -0.1) is 0 Å². The Kier molecular flexibility index (Phi) is 5.07. The average molecular weight is 240 g/mol. The third-order valence-corrected chi connectivity index (χ3v) is 2.03. The molecule has 0 spiro atoms. The van der Waals surface area contributed by atoms with Crippen LogP contribution in [0.3, 0.4) is 0 Å². The van der Waals surface area contributed by atoms with Crippen LogP contribution in [-0.4, -0.2) is 34.8 Å². The van der Waals surface area contributed by atoms with E-state index >= 15 is 0 Å². The molecule has 1 rings (SSSR count). The normalized spacial score (nSPS) is 11.9. The second kappa shape index (κ2) is 6.34. The van der Waals surface area contributed by atoms with Gasteiger partial charge in [-0.1, -0.05) is 0 Å². The summed E-state index contributed by atoms with van der Waals surface area (Å²) in [7, 11) is 1.65. The third kappa shape index (κ3) is 4.50. The molecule has 5 nitrogen and oxygen atoms in total. The molecule has 1 aromatic rings. The Bertz CT molecular complexity index is 358. The summed E-state index contributed by atoms with van der Waals surface area (Å²) in [5.74, 6) is 0.502. The van der Waals surface area contributed by atoms with Crippen LogP contribution in [0.4, 0.5) is 5.95 Å². The van der Waals surface area contributed by atoms with Crippen molar-refractivity contribution in [2.24, 2.45) is 0 Å². The summed E-state index contributed by atoms with van der Waals surface area (Å²) in [6, 6.07) is 1.98. The maximum absolute atomic E-state index is 5.11. The van der Waals surface area contributed by atoms with Gasteiger partial charge >= 0.3 is 0 Å². The van der Waals surface area contributed by atoms with E-state index in [1.807, 2.05) is 19.9 Å². The summed E-state index contributed by atoms with van der Waals surface area (Å²) in [5, 5.41) is 6.47. The molecule has 2 N–H and O–H groups in total. The van der Waals surface area contributed by atoms with E-state index < -0.39 is 0 Å². The highest BCUT2D eigenvalue weighted by Gasteiger charge is 2.04. The molecule has 1 atom stereocenters. The van der Waals surface area contributed by atoms with Gasteiger partial charge in [-0.05, 0) is 32.1 Å². The monoisotopic (exact) mass is 240 g/mol. The molecule has 0 saturated carbocycles. The van der Waals surface area contributed by atoms with Crippen LogP contribution in [0, 0.1) is 6.92 Å². The zero-order valence-electron chi connectivity index (χ0n) is 9.65. The Morgan fingerprint density at radius 2 is 2.38 bits per heavy atom. The Morgan fingerprint density at radius 1 is 1.62 bits per heavy atom. The largest absolute Gasteiger partial charge is 0.383 e. The summed E-state index contributed by atoms with van der Waals surface area (Å²) in [6.45, 7) is 4.47. The van der Waals surface area contributed by atoms with Gasteiger partial charge in [-0.2, -0.15) is 0 Å². The Labute approximate surface area is 101 Å². The molecule has 0 fully saturated rings. The minimum atomic E-state index is 0.148. The van der Waals surface area contributed by atoms with E-state index in [0.29, 0.717) is 17.7 Å². The lowest BCUT2D eigenvalue weighted by molar-refractivity contribution is 0.179. The van der Waals surface area contributed by atoms with Crippen LogP contribution >= 0.6 is 12.2 Å². The Balaban J connectivity index is 2.45. The number of methoxy groups -OCH3 is 1. The minimum absolute atomic E-state index is 0.148. The Hall–Kier alpha value is -1.27. The highest BCUT2D eigenvalue weighted by molar-refractivity contribution is 7.80. The van der Waals surface area contributed by atoms with Crippen molar-refractivity contribution < 1.29 is 4.74 Å². The van der Waals surface area contributed by atoms with Crippen LogP contribution in [0.15, 0.2) is 12.3 Å². The number of thiocarbonyl (C=S) groups is 1. The minimum Gasteiger partial charge on any atom is -0.383 e. The summed E-state index contributed by atoms with van der Waals surface area (Å²) in [6.07, 6.45) is 1.69. The molecule has 1 aromatic heterocycles. The zero-order chi connectivity index (χ0) is 12.0. The van der Waals surface area contributed by atoms with E-state index in [-0.39, 0.29) is 6.04 Å². The molecule has 0 aromatic carbocycles. The average Bonchev–Trinajstić information content (AvgIpc) is 2.17. The summed E-state index contributed by atoms with van der Waals surface area (Å²) < 4.78 is 4.99. The fourth-order valence-corrected chi connectivity index (χ4v) is 1.45. The number of ether oxygens (including phenoxy) is 1. The molecule has 0 unspecified atom stereocenters. The van der Waals surface area contributed by atoms with Crippen molar-refractivity contribution in [1.82, 2.24) is 15.3 Å². The van der Waals surface area contributed by atoms with E-state index in [9.17, 15) is 0 Å². The SMILES string of the molecule is COC[C@@H](C)NC(=S)Nc1nccc(C)n1. The molecule has 6 heteroatoms. The van der Waals surface area contributed by atoms with E-state index in [2.05, 4.69) is 20.6 Å². The van der Waals surface area contributed by atoms with Crippen molar-refractivity contribution in [3.63, 3.8) is 0 Å². The van der Waals surface area contributed by atoms with E-state index in [1.165, 1.54) is 0 Å². The third-order valence-electron chi connectivity index (χ3n) is 1.81. The van der Waals surface area contributed by atoms with Crippen molar-refractivity contribution in [2.75, 3.05) is 19.0 Å². The van der Waals surface area contributed by atoms with Gasteiger partial charge in [0.15, 0.2) is 5.11 Å². The van der Waals surface area contributed by atoms with Gasteiger partial charge < -0.3 is 15.4 Å². The fourth-order valence-electron chi connectivity index (χ4n) is 1.16. The number of nitrogens with zero attached hydrogens (tertiary/aromatic N) is 2. The maximum Gasteiger partial charge on any atom is 0.229 e. The van der Waals surface area contributed by atoms with Gasteiger partial charge in [-0.3, -0.25) is 0 Å². The van der Waals surface area contributed by atoms with Gasteiger partial charge in [0.1, 0.15) is 0 Å². The molecule has 1 heterocycles. The molecule has 0 aliphatic rings. The summed E-state index contributed by atoms with van der Waals surface area (Å²) in [4.78, 5) is 8.24. The summed E-state index contributed by atoms with van der Waals surface area (Å²) in [5.41, 5.74) is 0.894. The van der Waals surface area contributed by atoms with Crippen LogP contribution < -0.4 is 10.6 Å². The number of rotatable bonds is 4. The van der Waals surface area contributed by atoms with Gasteiger partial charge in [0.2, 0.25) is 5.95 Å². The van der Waals surface area contributed by atoms with E-state index in [0.717, 1.165) is 5.69 Å². The van der Waals surface area contributed by atoms with E-state index in [1.54, 1.807) is 13.3 Å². The van der Waals surface area contributed by atoms with Gasteiger partial charge in [0.25, 0.3) is 0 Å². The van der Waals surface area contributed by atoms with Crippen molar-refractivity contribution in [1.29, 1.82) is 0 Å². The van der Waals surface area contributed by atoms with Crippen molar-refractivity contribution in [3.8, 4) is 0 Å². The molecule has 0 aliphatic carbocycles. The van der Waals surface area contributed by atoms with Gasteiger partial charge in [0.05, 0.1) is 6.61 Å². The van der Waals surface area contributed by atoms with Crippen molar-refractivity contribution in [3.05, 3.63) is 18.0 Å². The van der Waals surface area contributed by atoms with Crippen LogP contribution in [0.25, 0.3) is 0 Å². The lowest BCUT2D eigenvalue weighted by Crippen LogP contribution is -2.38. The quantitative estimate of drug-likeness (QED) is 0.769. The number of anilines is 1. The summed E-state index contributed by atoms with van der Waals surface area (Å²) >= 11 is 5.11. The second-order valence-electron chi connectivity index (χ2n) is 3.48. The number of hydrogen-bond acceptors (Lipinski definition) is 4. The van der Waals surface area contributed by atoms with Crippen LogP contribution in [0.5, 0.6) is 0 Å². The predicted octanol–water partition coefficient (Wildman–Crippen LogP) is 1.11. The lowest BCUT2D eigenvalue weighted by atomic mass is 10.4. The number of hydrogen-bond donors (Lipinski definition) is 2. The topological polar surface area (TPSA) is 59.1 Å². The van der Waals surface area contributed by atoms with Crippen molar-refractivity contribution in [2.45, 2.75) is 19.9 Å². The first kappa shape index (κ1) is 12.8. The fraction of sp³-hybridized carbons (Fsp3) is 0.500. The first-order valence-corrected chi connectivity index (χ1v) is 5.38. The molecule has 0 radical (unpaired) electrons. The predicted molar refractivity (Wildman–Crippen MR) is 67.5 cm³/mol. The smallest absolute Gasteiger partial charge is 0.229 e.